The lowest BCUT2D eigenvalue weighted by atomic mass is 10.1. The van der Waals surface area contributed by atoms with Crippen LogP contribution in [0.2, 0.25) is 0 Å². The zero-order chi connectivity index (χ0) is 20.6. The van der Waals surface area contributed by atoms with Gasteiger partial charge in [-0.1, -0.05) is 0 Å². The Labute approximate surface area is 161 Å². The van der Waals surface area contributed by atoms with E-state index in [4.69, 9.17) is 5.73 Å². The number of aliphatic imine (C=N–C) groups is 1. The number of nitrogens with two attached hydrogens (primary N) is 1. The highest BCUT2D eigenvalue weighted by Crippen LogP contribution is 2.27. The number of nitrogens with zero attached hydrogens (tertiary/aromatic N) is 4. The second-order valence-electron chi connectivity index (χ2n) is 6.35. The number of nitrogens with one attached hydrogen (secondary N) is 3. The molecule has 1 fully saturated rings. The number of carbonyl (C=O) groups excluding carboxylic acids is 1. The molecule has 1 aliphatic rings. The van der Waals surface area contributed by atoms with Gasteiger partial charge in [0.05, 0.1) is 6.54 Å². The van der Waals surface area contributed by atoms with E-state index in [1.54, 1.807) is 7.05 Å². The van der Waals surface area contributed by atoms with Crippen LogP contribution in [0.5, 0.6) is 0 Å². The molecule has 0 saturated carbocycles. The van der Waals surface area contributed by atoms with Crippen molar-refractivity contribution in [2.45, 2.75) is 25.1 Å². The first-order valence-corrected chi connectivity index (χ1v) is 8.90. The molecule has 0 atom stereocenters. The molecule has 1 aromatic heterocycles. The van der Waals surface area contributed by atoms with Crippen LogP contribution in [0.3, 0.4) is 0 Å². The van der Waals surface area contributed by atoms with Crippen LogP contribution in [0.4, 0.5) is 19.1 Å². The number of amides is 1. The normalized spacial score (nSPS) is 16.6. The van der Waals surface area contributed by atoms with Crippen LogP contribution in [-0.2, 0) is 11.0 Å². The number of likely N-dealkylation sites (tertiary alicyclic amines) is 1. The smallest absolute Gasteiger partial charge is 0.369 e. The third-order valence-electron chi connectivity index (χ3n) is 4.18. The number of piperidine rings is 1. The Hall–Kier alpha value is -2.63. The quantitative estimate of drug-likeness (QED) is 0.288. The van der Waals surface area contributed by atoms with Gasteiger partial charge in [0.25, 0.3) is 0 Å². The minimum Gasteiger partial charge on any atom is -0.369 e. The minimum atomic E-state index is -4.50. The van der Waals surface area contributed by atoms with E-state index in [0.29, 0.717) is 19.0 Å². The van der Waals surface area contributed by atoms with Crippen LogP contribution in [0.1, 0.15) is 18.5 Å². The van der Waals surface area contributed by atoms with E-state index in [1.807, 2.05) is 4.90 Å². The Kier molecular flexibility index (Phi) is 7.79. The Bertz CT molecular complexity index is 674. The number of carbonyl (C=O) groups is 1. The zero-order valence-electron chi connectivity index (χ0n) is 15.6. The minimum absolute atomic E-state index is 0.0820. The van der Waals surface area contributed by atoms with Gasteiger partial charge in [-0.05, 0) is 18.9 Å². The summed E-state index contributed by atoms with van der Waals surface area (Å²) in [7, 11) is 1.64. The third-order valence-corrected chi connectivity index (χ3v) is 4.18. The SMILES string of the molecule is CN=C(NCCNc1nccc(C(F)(F)F)n1)NC1CCN(CC(N)=O)CC1. The Morgan fingerprint density at radius 2 is 2.07 bits per heavy atom. The van der Waals surface area contributed by atoms with Gasteiger partial charge in [0.2, 0.25) is 11.9 Å². The van der Waals surface area contributed by atoms with E-state index >= 15 is 0 Å². The highest BCUT2D eigenvalue weighted by Gasteiger charge is 2.32. The number of aromatic nitrogens is 2. The summed E-state index contributed by atoms with van der Waals surface area (Å²) >= 11 is 0. The molecule has 28 heavy (non-hydrogen) atoms. The maximum Gasteiger partial charge on any atom is 0.433 e. The first-order chi connectivity index (χ1) is 13.3. The molecule has 2 rings (SSSR count). The highest BCUT2D eigenvalue weighted by molar-refractivity contribution is 5.80. The van der Waals surface area contributed by atoms with Crippen molar-refractivity contribution in [2.75, 3.05) is 45.1 Å². The molecule has 12 heteroatoms. The molecule has 156 valence electrons. The Balaban J connectivity index is 1.70. The van der Waals surface area contributed by atoms with Crippen molar-refractivity contribution in [3.8, 4) is 0 Å². The van der Waals surface area contributed by atoms with Crippen molar-refractivity contribution in [1.82, 2.24) is 25.5 Å². The predicted octanol–water partition coefficient (Wildman–Crippen LogP) is 0.0220. The predicted molar refractivity (Wildman–Crippen MR) is 98.7 cm³/mol. The third kappa shape index (κ3) is 7.18. The second-order valence-corrected chi connectivity index (χ2v) is 6.35. The summed E-state index contributed by atoms with van der Waals surface area (Å²) < 4.78 is 37.9. The van der Waals surface area contributed by atoms with Gasteiger partial charge in [-0.15, -0.1) is 0 Å². The number of alkyl halides is 3. The number of halogens is 3. The molecule has 1 saturated heterocycles. The van der Waals surface area contributed by atoms with Crippen molar-refractivity contribution in [2.24, 2.45) is 10.7 Å². The molecule has 1 aliphatic heterocycles. The summed E-state index contributed by atoms with van der Waals surface area (Å²) in [6, 6.07) is 1.04. The van der Waals surface area contributed by atoms with E-state index in [-0.39, 0.29) is 24.4 Å². The van der Waals surface area contributed by atoms with E-state index in [1.165, 1.54) is 0 Å². The molecule has 9 nitrogen and oxygen atoms in total. The molecular formula is C16H25F3N8O. The van der Waals surface area contributed by atoms with Crippen molar-refractivity contribution in [3.05, 3.63) is 18.0 Å². The van der Waals surface area contributed by atoms with Gasteiger partial charge in [0.15, 0.2) is 5.96 Å². The molecule has 0 aliphatic carbocycles. The van der Waals surface area contributed by atoms with Gasteiger partial charge in [-0.2, -0.15) is 13.2 Å². The van der Waals surface area contributed by atoms with Gasteiger partial charge in [0, 0.05) is 45.5 Å². The summed E-state index contributed by atoms with van der Waals surface area (Å²) in [4.78, 5) is 24.3. The summed E-state index contributed by atoms with van der Waals surface area (Å²) in [6.07, 6.45) is -1.73. The van der Waals surface area contributed by atoms with E-state index in [2.05, 4.69) is 30.9 Å². The molecule has 0 bridgehead atoms. The maximum atomic E-state index is 12.6. The van der Waals surface area contributed by atoms with Crippen molar-refractivity contribution < 1.29 is 18.0 Å². The molecule has 0 aromatic carbocycles. The lowest BCUT2D eigenvalue weighted by molar-refractivity contribution is -0.141. The molecule has 1 amide bonds. The van der Waals surface area contributed by atoms with Gasteiger partial charge in [-0.25, -0.2) is 9.97 Å². The van der Waals surface area contributed by atoms with Crippen molar-refractivity contribution in [1.29, 1.82) is 0 Å². The van der Waals surface area contributed by atoms with E-state index in [9.17, 15) is 18.0 Å². The molecule has 0 radical (unpaired) electrons. The van der Waals surface area contributed by atoms with Gasteiger partial charge in [0.1, 0.15) is 5.69 Å². The molecular weight excluding hydrogens is 377 g/mol. The maximum absolute atomic E-state index is 12.6. The molecule has 5 N–H and O–H groups in total. The molecule has 0 spiro atoms. The number of guanidine groups is 1. The number of hydrogen-bond donors (Lipinski definition) is 4. The van der Waals surface area contributed by atoms with Crippen LogP contribution in [0, 0.1) is 0 Å². The van der Waals surface area contributed by atoms with Crippen LogP contribution in [0.15, 0.2) is 17.3 Å². The van der Waals surface area contributed by atoms with E-state index < -0.39 is 11.9 Å². The fourth-order valence-corrected chi connectivity index (χ4v) is 2.80. The van der Waals surface area contributed by atoms with Gasteiger partial charge in [-0.3, -0.25) is 14.7 Å². The molecule has 1 aromatic rings. The average Bonchev–Trinajstić information content (AvgIpc) is 2.65. The number of anilines is 1. The van der Waals surface area contributed by atoms with Crippen molar-refractivity contribution in [3.63, 3.8) is 0 Å². The zero-order valence-corrected chi connectivity index (χ0v) is 15.6. The monoisotopic (exact) mass is 402 g/mol. The highest BCUT2D eigenvalue weighted by atomic mass is 19.4. The largest absolute Gasteiger partial charge is 0.433 e. The summed E-state index contributed by atoms with van der Waals surface area (Å²) in [5.41, 5.74) is 4.22. The summed E-state index contributed by atoms with van der Waals surface area (Å²) in [5, 5.41) is 9.13. The first kappa shape index (κ1) is 21.7. The topological polar surface area (TPSA) is 121 Å². The van der Waals surface area contributed by atoms with Crippen LogP contribution in [0.25, 0.3) is 0 Å². The van der Waals surface area contributed by atoms with Crippen LogP contribution < -0.4 is 21.7 Å². The van der Waals surface area contributed by atoms with E-state index in [0.717, 1.165) is 38.2 Å². The number of hydrogen-bond acceptors (Lipinski definition) is 6. The first-order valence-electron chi connectivity index (χ1n) is 8.90. The van der Waals surface area contributed by atoms with Gasteiger partial charge < -0.3 is 21.7 Å². The number of rotatable bonds is 7. The fourth-order valence-electron chi connectivity index (χ4n) is 2.80. The standard InChI is InChI=1S/C16H25F3N8O/c1-21-14(25-11-3-8-27(9-4-11)10-13(20)28)23-6-7-24-15-22-5-2-12(26-15)16(17,18)19/h2,5,11H,3-4,6-10H2,1H3,(H2,20,28)(H2,21,23,25)(H,22,24,26). The lowest BCUT2D eigenvalue weighted by Gasteiger charge is -2.32. The average molecular weight is 402 g/mol. The molecule has 2 heterocycles. The molecule has 0 unspecified atom stereocenters. The van der Waals surface area contributed by atoms with Crippen molar-refractivity contribution >= 4 is 17.8 Å². The fraction of sp³-hybridized carbons (Fsp3) is 0.625. The summed E-state index contributed by atoms with van der Waals surface area (Å²) in [6.45, 7) is 2.54. The second kappa shape index (κ2) is 10.1. The number of primary amides is 1. The summed E-state index contributed by atoms with van der Waals surface area (Å²) in [5.74, 6) is 0.183. The Morgan fingerprint density at radius 1 is 1.36 bits per heavy atom. The Morgan fingerprint density at radius 3 is 2.68 bits per heavy atom. The van der Waals surface area contributed by atoms with Crippen LogP contribution >= 0.6 is 0 Å². The van der Waals surface area contributed by atoms with Crippen LogP contribution in [-0.4, -0.2) is 72.5 Å². The van der Waals surface area contributed by atoms with Gasteiger partial charge >= 0.3 is 6.18 Å². The lowest BCUT2D eigenvalue weighted by Crippen LogP contribution is -2.50.